The molecule has 19 heavy (non-hydrogen) atoms. The summed E-state index contributed by atoms with van der Waals surface area (Å²) in [5.41, 5.74) is 3.92. The molecule has 0 saturated heterocycles. The summed E-state index contributed by atoms with van der Waals surface area (Å²) in [5.74, 6) is 0.555. The monoisotopic (exact) mass is 296 g/mol. The fourth-order valence-corrected chi connectivity index (χ4v) is 4.53. The lowest BCUT2D eigenvalue weighted by Crippen LogP contribution is -2.06. The van der Waals surface area contributed by atoms with Crippen LogP contribution in [-0.4, -0.2) is 31.2 Å². The summed E-state index contributed by atoms with van der Waals surface area (Å²) in [7, 11) is -2.97. The van der Waals surface area contributed by atoms with Crippen molar-refractivity contribution in [1.29, 1.82) is 5.26 Å². The normalized spacial score (nSPS) is 14.2. The molecule has 0 radical (unpaired) electrons. The minimum absolute atomic E-state index is 0.111. The molecule has 1 aromatic rings. The Hall–Kier alpha value is -1.06. The molecule has 0 saturated carbocycles. The highest BCUT2D eigenvalue weighted by Crippen LogP contribution is 2.31. The molecule has 1 aliphatic rings. The number of hydrogen-bond acceptors (Lipinski definition) is 5. The summed E-state index contributed by atoms with van der Waals surface area (Å²) in [6.45, 7) is 1.96. The predicted octanol–water partition coefficient (Wildman–Crippen LogP) is 1.89. The molecule has 0 aromatic carbocycles. The molecule has 1 heterocycles. The van der Waals surface area contributed by atoms with Crippen molar-refractivity contribution in [2.75, 3.05) is 17.8 Å². The van der Waals surface area contributed by atoms with E-state index in [-0.39, 0.29) is 5.75 Å². The molecule has 102 valence electrons. The molecular weight excluding hydrogens is 280 g/mol. The van der Waals surface area contributed by atoms with E-state index >= 15 is 0 Å². The number of aromatic nitrogens is 1. The molecular formula is C13H16N2O2S2. The number of sulfone groups is 1. The number of nitrogens with zero attached hydrogens (tertiary/aromatic N) is 2. The third-order valence-corrected chi connectivity index (χ3v) is 5.45. The first-order valence-electron chi connectivity index (χ1n) is 6.15. The van der Waals surface area contributed by atoms with E-state index in [1.165, 1.54) is 23.6 Å². The maximum Gasteiger partial charge on any atom is 0.148 e. The summed E-state index contributed by atoms with van der Waals surface area (Å²) < 4.78 is 22.3. The summed E-state index contributed by atoms with van der Waals surface area (Å²) in [5, 5.41) is 9.95. The van der Waals surface area contributed by atoms with E-state index in [9.17, 15) is 13.7 Å². The molecule has 0 aliphatic heterocycles. The van der Waals surface area contributed by atoms with Crippen LogP contribution in [0.1, 0.15) is 28.8 Å². The highest BCUT2D eigenvalue weighted by Gasteiger charge is 2.20. The smallest absolute Gasteiger partial charge is 0.148 e. The van der Waals surface area contributed by atoms with Gasteiger partial charge in [0, 0.05) is 17.7 Å². The Morgan fingerprint density at radius 1 is 1.42 bits per heavy atom. The van der Waals surface area contributed by atoms with Gasteiger partial charge in [0.2, 0.25) is 0 Å². The van der Waals surface area contributed by atoms with Gasteiger partial charge in [0.15, 0.2) is 0 Å². The van der Waals surface area contributed by atoms with E-state index in [0.717, 1.165) is 30.5 Å². The second-order valence-corrected chi connectivity index (χ2v) is 8.13. The first-order chi connectivity index (χ1) is 8.92. The van der Waals surface area contributed by atoms with Crippen LogP contribution in [0.5, 0.6) is 0 Å². The van der Waals surface area contributed by atoms with E-state index < -0.39 is 9.84 Å². The Morgan fingerprint density at radius 3 is 2.79 bits per heavy atom. The van der Waals surface area contributed by atoms with E-state index in [0.29, 0.717) is 16.3 Å². The Morgan fingerprint density at radius 2 is 2.16 bits per heavy atom. The second-order valence-electron chi connectivity index (χ2n) is 4.79. The maximum atomic E-state index is 11.1. The Labute approximate surface area is 118 Å². The van der Waals surface area contributed by atoms with Crippen LogP contribution in [0.25, 0.3) is 0 Å². The third kappa shape index (κ3) is 3.28. The molecule has 2 rings (SSSR count). The van der Waals surface area contributed by atoms with Crippen LogP contribution in [0.15, 0.2) is 5.03 Å². The number of aryl methyl sites for hydroxylation is 1. The van der Waals surface area contributed by atoms with Crippen molar-refractivity contribution in [3.8, 4) is 6.07 Å². The zero-order chi connectivity index (χ0) is 14.0. The van der Waals surface area contributed by atoms with Gasteiger partial charge in [0.1, 0.15) is 20.9 Å². The average molecular weight is 296 g/mol. The van der Waals surface area contributed by atoms with Gasteiger partial charge in [0.05, 0.1) is 11.3 Å². The molecule has 0 N–H and O–H groups in total. The Balaban J connectivity index is 2.26. The highest BCUT2D eigenvalue weighted by molar-refractivity contribution is 8.00. The predicted molar refractivity (Wildman–Crippen MR) is 76.1 cm³/mol. The van der Waals surface area contributed by atoms with Crippen molar-refractivity contribution in [2.24, 2.45) is 0 Å². The topological polar surface area (TPSA) is 70.8 Å². The molecule has 0 unspecified atom stereocenters. The van der Waals surface area contributed by atoms with Crippen molar-refractivity contribution >= 4 is 21.6 Å². The fourth-order valence-electron chi connectivity index (χ4n) is 2.27. The van der Waals surface area contributed by atoms with Crippen molar-refractivity contribution in [3.05, 3.63) is 22.4 Å². The summed E-state index contributed by atoms with van der Waals surface area (Å²) >= 11 is 1.37. The standard InChI is InChI=1S/C13H16N2O2S2/c1-9-10-4-3-5-12(10)15-13(11(9)8-14)18-6-7-19(2,16)17/h3-7H2,1-2H3. The number of nitriles is 1. The van der Waals surface area contributed by atoms with Crippen LogP contribution in [0.2, 0.25) is 0 Å². The number of hydrogen-bond donors (Lipinski definition) is 0. The van der Waals surface area contributed by atoms with Crippen LogP contribution in [-0.2, 0) is 22.7 Å². The van der Waals surface area contributed by atoms with Gasteiger partial charge in [-0.3, -0.25) is 0 Å². The highest BCUT2D eigenvalue weighted by atomic mass is 32.2. The SMILES string of the molecule is Cc1c(C#N)c(SCCS(C)(=O)=O)nc2c1CCC2. The summed E-state index contributed by atoms with van der Waals surface area (Å²) in [6.07, 6.45) is 4.27. The van der Waals surface area contributed by atoms with E-state index in [2.05, 4.69) is 11.1 Å². The summed E-state index contributed by atoms with van der Waals surface area (Å²) in [6, 6.07) is 2.21. The molecule has 0 fully saturated rings. The van der Waals surface area contributed by atoms with E-state index in [1.807, 2.05) is 6.92 Å². The van der Waals surface area contributed by atoms with Crippen molar-refractivity contribution in [2.45, 2.75) is 31.2 Å². The lowest BCUT2D eigenvalue weighted by Gasteiger charge is -2.10. The van der Waals surface area contributed by atoms with Crippen LogP contribution in [0.4, 0.5) is 0 Å². The zero-order valence-electron chi connectivity index (χ0n) is 11.1. The Bertz CT molecular complexity index is 646. The molecule has 0 atom stereocenters. The van der Waals surface area contributed by atoms with Gasteiger partial charge in [-0.15, -0.1) is 11.8 Å². The van der Waals surface area contributed by atoms with Crippen LogP contribution in [0.3, 0.4) is 0 Å². The largest absolute Gasteiger partial charge is 0.245 e. The minimum Gasteiger partial charge on any atom is -0.245 e. The number of rotatable bonds is 4. The quantitative estimate of drug-likeness (QED) is 0.793. The minimum atomic E-state index is -2.97. The molecule has 1 aromatic heterocycles. The molecule has 4 nitrogen and oxygen atoms in total. The van der Waals surface area contributed by atoms with Gasteiger partial charge in [-0.05, 0) is 37.3 Å². The maximum absolute atomic E-state index is 11.1. The number of fused-ring (bicyclic) bond motifs is 1. The molecule has 0 bridgehead atoms. The fraction of sp³-hybridized carbons (Fsp3) is 0.538. The van der Waals surface area contributed by atoms with Crippen molar-refractivity contribution < 1.29 is 8.42 Å². The lowest BCUT2D eigenvalue weighted by atomic mass is 10.0. The van der Waals surface area contributed by atoms with Crippen LogP contribution in [0, 0.1) is 18.3 Å². The van der Waals surface area contributed by atoms with Crippen LogP contribution < -0.4 is 0 Å². The van der Waals surface area contributed by atoms with Gasteiger partial charge >= 0.3 is 0 Å². The first-order valence-corrected chi connectivity index (χ1v) is 9.20. The molecule has 1 aliphatic carbocycles. The second kappa shape index (κ2) is 5.51. The van der Waals surface area contributed by atoms with Gasteiger partial charge in [0.25, 0.3) is 0 Å². The Kier molecular flexibility index (Phi) is 4.16. The van der Waals surface area contributed by atoms with E-state index in [1.54, 1.807) is 0 Å². The lowest BCUT2D eigenvalue weighted by molar-refractivity contribution is 0.603. The number of pyridine rings is 1. The zero-order valence-corrected chi connectivity index (χ0v) is 12.7. The van der Waals surface area contributed by atoms with Gasteiger partial charge in [-0.2, -0.15) is 5.26 Å². The van der Waals surface area contributed by atoms with E-state index in [4.69, 9.17) is 0 Å². The van der Waals surface area contributed by atoms with Crippen LogP contribution >= 0.6 is 11.8 Å². The van der Waals surface area contributed by atoms with Gasteiger partial charge in [-0.1, -0.05) is 0 Å². The van der Waals surface area contributed by atoms with Crippen molar-refractivity contribution in [1.82, 2.24) is 4.98 Å². The summed E-state index contributed by atoms with van der Waals surface area (Å²) in [4.78, 5) is 4.55. The average Bonchev–Trinajstić information content (AvgIpc) is 2.76. The van der Waals surface area contributed by atoms with Gasteiger partial charge < -0.3 is 0 Å². The third-order valence-electron chi connectivity index (χ3n) is 3.27. The number of thioether (sulfide) groups is 1. The molecule has 0 spiro atoms. The molecule has 6 heteroatoms. The van der Waals surface area contributed by atoms with Crippen molar-refractivity contribution in [3.63, 3.8) is 0 Å². The molecule has 0 amide bonds. The van der Waals surface area contributed by atoms with Gasteiger partial charge in [-0.25, -0.2) is 13.4 Å². The first kappa shape index (κ1) is 14.4.